The van der Waals surface area contributed by atoms with Crippen LogP contribution in [-0.2, 0) is 0 Å². The van der Waals surface area contributed by atoms with Crippen LogP contribution in [0.2, 0.25) is 0 Å². The number of aromatic hydroxyl groups is 1. The van der Waals surface area contributed by atoms with Gasteiger partial charge in [0, 0.05) is 6.04 Å². The van der Waals surface area contributed by atoms with E-state index < -0.39 is 0 Å². The van der Waals surface area contributed by atoms with E-state index in [0.717, 1.165) is 18.5 Å². The van der Waals surface area contributed by atoms with E-state index in [1.165, 1.54) is 0 Å². The lowest BCUT2D eigenvalue weighted by molar-refractivity contribution is 0.360. The number of rotatable bonds is 4. The first-order chi connectivity index (χ1) is 8.58. The quantitative estimate of drug-likeness (QED) is 0.903. The van der Waals surface area contributed by atoms with Crippen LogP contribution in [0.3, 0.4) is 0 Å². The normalized spacial score (nSPS) is 11.9. The smallest absolute Gasteiger partial charge is 0.297 e. The minimum absolute atomic E-state index is 0.0135. The first kappa shape index (κ1) is 12.8. The first-order valence-electron chi connectivity index (χ1n) is 6.52. The van der Waals surface area contributed by atoms with Gasteiger partial charge in [-0.1, -0.05) is 27.7 Å². The monoisotopic (exact) mass is 248 g/mol. The van der Waals surface area contributed by atoms with E-state index in [9.17, 15) is 5.11 Å². The van der Waals surface area contributed by atoms with Gasteiger partial charge in [0.15, 0.2) is 5.65 Å². The summed E-state index contributed by atoms with van der Waals surface area (Å²) in [5, 5.41) is 9.97. The van der Waals surface area contributed by atoms with Gasteiger partial charge in [-0.05, 0) is 18.8 Å². The molecule has 0 radical (unpaired) electrons. The molecule has 0 atom stereocenters. The number of hydrogen-bond donors (Lipinski definition) is 1. The highest BCUT2D eigenvalue weighted by Crippen LogP contribution is 2.27. The summed E-state index contributed by atoms with van der Waals surface area (Å²) >= 11 is 0. The summed E-state index contributed by atoms with van der Waals surface area (Å²) in [4.78, 5) is 12.9. The van der Waals surface area contributed by atoms with Crippen molar-refractivity contribution in [1.29, 1.82) is 0 Å². The van der Waals surface area contributed by atoms with Gasteiger partial charge in [0.2, 0.25) is 5.65 Å². The fourth-order valence-electron chi connectivity index (χ4n) is 2.14. The zero-order valence-electron chi connectivity index (χ0n) is 11.4. The molecular formula is C13H20N4O. The highest BCUT2D eigenvalue weighted by molar-refractivity contribution is 5.67. The molecule has 0 saturated heterocycles. The molecule has 2 aromatic heterocycles. The van der Waals surface area contributed by atoms with Gasteiger partial charge in [0.1, 0.15) is 0 Å². The van der Waals surface area contributed by atoms with E-state index >= 15 is 0 Å². The van der Waals surface area contributed by atoms with Crippen molar-refractivity contribution in [2.24, 2.45) is 0 Å². The lowest BCUT2D eigenvalue weighted by Crippen LogP contribution is -2.08. The molecule has 0 aliphatic carbocycles. The molecular weight excluding hydrogens is 228 g/mol. The molecule has 0 aliphatic rings. The fraction of sp³-hybridized carbons (Fsp3) is 0.615. The molecule has 1 N–H and O–H groups in total. The Morgan fingerprint density at radius 3 is 2.44 bits per heavy atom. The van der Waals surface area contributed by atoms with Crippen LogP contribution in [0.25, 0.3) is 11.3 Å². The van der Waals surface area contributed by atoms with E-state index in [0.29, 0.717) is 17.2 Å². The Labute approximate surface area is 107 Å². The average molecular weight is 248 g/mol. The van der Waals surface area contributed by atoms with E-state index in [-0.39, 0.29) is 12.1 Å². The van der Waals surface area contributed by atoms with Gasteiger partial charge in [0.05, 0.1) is 11.9 Å². The SMILES string of the molecule is CCC(CC)n1c(O)nc2ncc(C(C)C)nc21. The van der Waals surface area contributed by atoms with Crippen molar-refractivity contribution >= 4 is 11.3 Å². The Morgan fingerprint density at radius 1 is 1.22 bits per heavy atom. The molecule has 0 aliphatic heterocycles. The Bertz CT molecular complexity index is 543. The minimum Gasteiger partial charge on any atom is -0.480 e. The van der Waals surface area contributed by atoms with Crippen LogP contribution in [0.1, 0.15) is 58.2 Å². The third-order valence-electron chi connectivity index (χ3n) is 3.30. The van der Waals surface area contributed by atoms with E-state index in [2.05, 4.69) is 42.6 Å². The van der Waals surface area contributed by atoms with Gasteiger partial charge in [-0.2, -0.15) is 4.98 Å². The highest BCUT2D eigenvalue weighted by Gasteiger charge is 2.19. The second-order valence-electron chi connectivity index (χ2n) is 4.85. The third kappa shape index (κ3) is 2.05. The molecule has 0 unspecified atom stereocenters. The zero-order valence-corrected chi connectivity index (χ0v) is 11.4. The van der Waals surface area contributed by atoms with Crippen molar-refractivity contribution in [2.45, 2.75) is 52.5 Å². The van der Waals surface area contributed by atoms with Gasteiger partial charge in [-0.3, -0.25) is 4.57 Å². The van der Waals surface area contributed by atoms with Gasteiger partial charge in [0.25, 0.3) is 6.01 Å². The van der Waals surface area contributed by atoms with Crippen molar-refractivity contribution in [3.8, 4) is 6.01 Å². The van der Waals surface area contributed by atoms with Crippen molar-refractivity contribution in [3.63, 3.8) is 0 Å². The molecule has 0 spiro atoms. The summed E-state index contributed by atoms with van der Waals surface area (Å²) in [6.45, 7) is 8.35. The van der Waals surface area contributed by atoms with Crippen LogP contribution < -0.4 is 0 Å². The molecule has 18 heavy (non-hydrogen) atoms. The van der Waals surface area contributed by atoms with Crippen molar-refractivity contribution < 1.29 is 5.11 Å². The molecule has 2 rings (SSSR count). The predicted molar refractivity (Wildman–Crippen MR) is 70.7 cm³/mol. The van der Waals surface area contributed by atoms with E-state index in [1.807, 2.05) is 0 Å². The van der Waals surface area contributed by atoms with Gasteiger partial charge in [-0.15, -0.1) is 0 Å². The highest BCUT2D eigenvalue weighted by atomic mass is 16.3. The Hall–Kier alpha value is -1.65. The maximum Gasteiger partial charge on any atom is 0.297 e. The summed E-state index contributed by atoms with van der Waals surface area (Å²) in [6.07, 6.45) is 3.60. The molecule has 0 amide bonds. The lowest BCUT2D eigenvalue weighted by Gasteiger charge is -2.15. The van der Waals surface area contributed by atoms with Crippen LogP contribution >= 0.6 is 0 Å². The first-order valence-corrected chi connectivity index (χ1v) is 6.52. The van der Waals surface area contributed by atoms with Crippen LogP contribution in [0.5, 0.6) is 6.01 Å². The van der Waals surface area contributed by atoms with Crippen molar-refractivity contribution in [3.05, 3.63) is 11.9 Å². The molecule has 2 heterocycles. The molecule has 2 aromatic rings. The summed E-state index contributed by atoms with van der Waals surface area (Å²) in [5.74, 6) is 0.314. The Balaban J connectivity index is 2.63. The molecule has 5 heteroatoms. The molecule has 0 saturated carbocycles. The largest absolute Gasteiger partial charge is 0.480 e. The van der Waals surface area contributed by atoms with Gasteiger partial charge in [-0.25, -0.2) is 9.97 Å². The Kier molecular flexibility index (Phi) is 3.50. The van der Waals surface area contributed by atoms with Crippen molar-refractivity contribution in [2.75, 3.05) is 0 Å². The second kappa shape index (κ2) is 4.92. The number of hydrogen-bond acceptors (Lipinski definition) is 4. The minimum atomic E-state index is 0.0135. The summed E-state index contributed by atoms with van der Waals surface area (Å²) in [5.41, 5.74) is 2.13. The standard InChI is InChI=1S/C13H20N4O/c1-5-9(6-2)17-12-11(16-13(17)18)14-7-10(15-12)8(3)4/h7-9H,5-6H2,1-4H3,(H,14,16,18). The number of fused-ring (bicyclic) bond motifs is 1. The molecule has 0 bridgehead atoms. The number of aromatic nitrogens is 4. The molecule has 5 nitrogen and oxygen atoms in total. The van der Waals surface area contributed by atoms with Gasteiger partial charge >= 0.3 is 0 Å². The number of nitrogens with zero attached hydrogens (tertiary/aromatic N) is 4. The summed E-state index contributed by atoms with van der Waals surface area (Å²) in [7, 11) is 0. The van der Waals surface area contributed by atoms with Crippen LogP contribution in [0, 0.1) is 0 Å². The van der Waals surface area contributed by atoms with Crippen LogP contribution in [0.15, 0.2) is 6.20 Å². The van der Waals surface area contributed by atoms with Crippen LogP contribution in [0.4, 0.5) is 0 Å². The predicted octanol–water partition coefficient (Wildman–Crippen LogP) is 3.02. The van der Waals surface area contributed by atoms with Gasteiger partial charge < -0.3 is 5.11 Å². The second-order valence-corrected chi connectivity index (χ2v) is 4.85. The lowest BCUT2D eigenvalue weighted by atomic mass is 10.1. The van der Waals surface area contributed by atoms with E-state index in [4.69, 9.17) is 0 Å². The maximum atomic E-state index is 9.97. The Morgan fingerprint density at radius 2 is 1.89 bits per heavy atom. The molecule has 0 fully saturated rings. The maximum absolute atomic E-state index is 9.97. The van der Waals surface area contributed by atoms with Crippen molar-refractivity contribution in [1.82, 2.24) is 19.5 Å². The third-order valence-corrected chi connectivity index (χ3v) is 3.30. The van der Waals surface area contributed by atoms with Crippen LogP contribution in [-0.4, -0.2) is 24.6 Å². The summed E-state index contributed by atoms with van der Waals surface area (Å²) < 4.78 is 1.80. The molecule has 98 valence electrons. The fourth-order valence-corrected chi connectivity index (χ4v) is 2.14. The van der Waals surface area contributed by atoms with E-state index in [1.54, 1.807) is 10.8 Å². The summed E-state index contributed by atoms with van der Waals surface area (Å²) in [6, 6.07) is 0.228. The molecule has 0 aromatic carbocycles. The topological polar surface area (TPSA) is 63.8 Å². The number of imidazole rings is 1. The zero-order chi connectivity index (χ0) is 13.3. The average Bonchev–Trinajstić information content (AvgIpc) is 2.67.